The highest BCUT2D eigenvalue weighted by molar-refractivity contribution is 6.35. The Balaban J connectivity index is 1.74. The Morgan fingerprint density at radius 3 is 2.60 bits per heavy atom. The summed E-state index contributed by atoms with van der Waals surface area (Å²) in [6.07, 6.45) is 3.28. The van der Waals surface area contributed by atoms with Crippen LogP contribution in [0.4, 0.5) is 0 Å². The van der Waals surface area contributed by atoms with Crippen LogP contribution in [0.15, 0.2) is 47.6 Å². The van der Waals surface area contributed by atoms with Crippen LogP contribution in [0.5, 0.6) is 0 Å². The van der Waals surface area contributed by atoms with E-state index in [9.17, 15) is 4.79 Å². The normalized spacial score (nSPS) is 13.5. The standard InChI is InChI=1S/C25H23Cl2N7O/c1-17-23(25(35)31-33-14-3-2-4-15-33)30-34(22-12-11-20(26)16-21(22)27)24(17)19-9-7-18(8-10-19)6-5-13-29-32-28/h7-12,16H,2-4,13-15H2,1H3,(H,31,35). The van der Waals surface area contributed by atoms with E-state index >= 15 is 0 Å². The van der Waals surface area contributed by atoms with Crippen molar-refractivity contribution in [1.29, 1.82) is 0 Å². The highest BCUT2D eigenvalue weighted by atomic mass is 35.5. The van der Waals surface area contributed by atoms with Gasteiger partial charge in [-0.05, 0) is 55.6 Å². The van der Waals surface area contributed by atoms with Crippen molar-refractivity contribution in [2.75, 3.05) is 19.6 Å². The monoisotopic (exact) mass is 507 g/mol. The molecule has 1 saturated heterocycles. The van der Waals surface area contributed by atoms with Crippen molar-refractivity contribution in [2.45, 2.75) is 26.2 Å². The smallest absolute Gasteiger partial charge is 0.283 e. The minimum absolute atomic E-state index is 0.106. The quantitative estimate of drug-likeness (QED) is 0.200. The molecule has 2 heterocycles. The maximum absolute atomic E-state index is 13.2. The maximum atomic E-state index is 13.2. The van der Waals surface area contributed by atoms with E-state index in [1.165, 1.54) is 6.42 Å². The Labute approximate surface area is 213 Å². The van der Waals surface area contributed by atoms with Crippen LogP contribution in [0.1, 0.15) is 40.9 Å². The van der Waals surface area contributed by atoms with Crippen LogP contribution in [0.3, 0.4) is 0 Å². The molecule has 1 aromatic heterocycles. The van der Waals surface area contributed by atoms with E-state index < -0.39 is 0 Å². The number of aromatic nitrogens is 2. The minimum Gasteiger partial charge on any atom is -0.283 e. The molecule has 0 bridgehead atoms. The molecule has 4 rings (SSSR count). The van der Waals surface area contributed by atoms with Gasteiger partial charge in [0.25, 0.3) is 5.91 Å². The summed E-state index contributed by atoms with van der Waals surface area (Å²) in [6.45, 7) is 3.63. The first-order valence-corrected chi connectivity index (χ1v) is 11.9. The highest BCUT2D eigenvalue weighted by Crippen LogP contribution is 2.33. The number of nitrogens with one attached hydrogen (secondary N) is 1. The van der Waals surface area contributed by atoms with Crippen molar-refractivity contribution in [1.82, 2.24) is 20.2 Å². The van der Waals surface area contributed by atoms with Crippen molar-refractivity contribution in [2.24, 2.45) is 5.11 Å². The molecule has 0 saturated carbocycles. The summed E-state index contributed by atoms with van der Waals surface area (Å²) in [5.74, 6) is 5.51. The van der Waals surface area contributed by atoms with Crippen molar-refractivity contribution < 1.29 is 4.79 Å². The molecule has 0 aliphatic carbocycles. The molecule has 178 valence electrons. The van der Waals surface area contributed by atoms with Crippen LogP contribution < -0.4 is 5.43 Å². The van der Waals surface area contributed by atoms with Crippen molar-refractivity contribution in [3.05, 3.63) is 79.8 Å². The number of carbonyl (C=O) groups is 1. The molecular formula is C25H23Cl2N7O. The number of piperidine rings is 1. The molecule has 0 atom stereocenters. The van der Waals surface area contributed by atoms with Gasteiger partial charge in [-0.2, -0.15) is 5.10 Å². The Bertz CT molecular complexity index is 1340. The molecule has 1 N–H and O–H groups in total. The van der Waals surface area contributed by atoms with E-state index in [1.807, 2.05) is 36.2 Å². The summed E-state index contributed by atoms with van der Waals surface area (Å²) in [4.78, 5) is 15.9. The van der Waals surface area contributed by atoms with Gasteiger partial charge < -0.3 is 0 Å². The molecule has 0 unspecified atom stereocenters. The van der Waals surface area contributed by atoms with Gasteiger partial charge in [0.15, 0.2) is 5.69 Å². The summed E-state index contributed by atoms with van der Waals surface area (Å²) in [6, 6.07) is 12.7. The zero-order valence-corrected chi connectivity index (χ0v) is 20.6. The van der Waals surface area contributed by atoms with Gasteiger partial charge in [0.2, 0.25) is 0 Å². The Hall–Kier alpha value is -3.47. The number of hydrazine groups is 1. The Kier molecular flexibility index (Phi) is 7.96. The molecular weight excluding hydrogens is 485 g/mol. The first-order valence-electron chi connectivity index (χ1n) is 11.2. The Morgan fingerprint density at radius 1 is 1.17 bits per heavy atom. The number of halogens is 2. The molecule has 10 heteroatoms. The summed E-state index contributed by atoms with van der Waals surface area (Å²) >= 11 is 12.6. The lowest BCUT2D eigenvalue weighted by Crippen LogP contribution is -2.45. The lowest BCUT2D eigenvalue weighted by atomic mass is 10.0. The van der Waals surface area contributed by atoms with Gasteiger partial charge in [0.05, 0.1) is 22.9 Å². The first-order chi connectivity index (χ1) is 17.0. The van der Waals surface area contributed by atoms with Gasteiger partial charge in [-0.3, -0.25) is 10.2 Å². The molecule has 1 aliphatic rings. The predicted octanol–water partition coefficient (Wildman–Crippen LogP) is 5.95. The fraction of sp³-hybridized carbons (Fsp3) is 0.280. The van der Waals surface area contributed by atoms with E-state index in [-0.39, 0.29) is 12.5 Å². The van der Waals surface area contributed by atoms with E-state index in [0.29, 0.717) is 21.4 Å². The molecule has 3 aromatic rings. The fourth-order valence-corrected chi connectivity index (χ4v) is 4.49. The average Bonchev–Trinajstić information content (AvgIpc) is 3.19. The van der Waals surface area contributed by atoms with E-state index in [1.54, 1.807) is 22.9 Å². The van der Waals surface area contributed by atoms with Gasteiger partial charge in [0.1, 0.15) is 0 Å². The highest BCUT2D eigenvalue weighted by Gasteiger charge is 2.24. The molecule has 0 radical (unpaired) electrons. The van der Waals surface area contributed by atoms with Crippen LogP contribution in [0.25, 0.3) is 27.4 Å². The molecule has 1 fully saturated rings. The van der Waals surface area contributed by atoms with Crippen LogP contribution in [0.2, 0.25) is 10.0 Å². The van der Waals surface area contributed by atoms with Gasteiger partial charge in [0, 0.05) is 39.7 Å². The van der Waals surface area contributed by atoms with Gasteiger partial charge in [-0.15, -0.1) is 0 Å². The number of amides is 1. The number of nitrogens with zero attached hydrogens (tertiary/aromatic N) is 6. The molecule has 35 heavy (non-hydrogen) atoms. The summed E-state index contributed by atoms with van der Waals surface area (Å²) < 4.78 is 1.68. The third-order valence-corrected chi connectivity index (χ3v) is 6.23. The number of carbonyl (C=O) groups excluding carboxylic acids is 1. The van der Waals surface area contributed by atoms with E-state index in [4.69, 9.17) is 28.7 Å². The molecule has 1 aliphatic heterocycles. The first kappa shape index (κ1) is 24.6. The van der Waals surface area contributed by atoms with E-state index in [2.05, 4.69) is 32.4 Å². The van der Waals surface area contributed by atoms with Crippen molar-refractivity contribution in [3.63, 3.8) is 0 Å². The number of hydrogen-bond acceptors (Lipinski definition) is 4. The Morgan fingerprint density at radius 2 is 1.91 bits per heavy atom. The van der Waals surface area contributed by atoms with Gasteiger partial charge >= 0.3 is 0 Å². The topological polar surface area (TPSA) is 98.9 Å². The SMILES string of the molecule is Cc1c(C(=O)NN2CCCCC2)nn(-c2ccc(Cl)cc2Cl)c1-c1ccc(C#CCN=[N+]=[N-])cc1. The zero-order valence-electron chi connectivity index (χ0n) is 19.1. The van der Waals surface area contributed by atoms with Crippen LogP contribution >= 0.6 is 23.2 Å². The second-order valence-corrected chi connectivity index (χ2v) is 8.93. The third-order valence-electron chi connectivity index (χ3n) is 5.70. The van der Waals surface area contributed by atoms with Crippen LogP contribution in [0, 0.1) is 18.8 Å². The summed E-state index contributed by atoms with van der Waals surface area (Å²) in [5, 5.41) is 11.0. The molecule has 1 amide bonds. The zero-order chi connectivity index (χ0) is 24.8. The lowest BCUT2D eigenvalue weighted by molar-refractivity contribution is 0.0743. The second-order valence-electron chi connectivity index (χ2n) is 8.09. The third kappa shape index (κ3) is 5.79. The van der Waals surface area contributed by atoms with Crippen molar-refractivity contribution >= 4 is 29.1 Å². The summed E-state index contributed by atoms with van der Waals surface area (Å²) in [7, 11) is 0. The largest absolute Gasteiger partial charge is 0.286 e. The minimum atomic E-state index is -0.255. The van der Waals surface area contributed by atoms with Gasteiger partial charge in [-0.1, -0.05) is 58.7 Å². The number of azide groups is 1. The second kappa shape index (κ2) is 11.3. The number of hydrogen-bond donors (Lipinski definition) is 1. The maximum Gasteiger partial charge on any atom is 0.286 e. The molecule has 8 nitrogen and oxygen atoms in total. The van der Waals surface area contributed by atoms with E-state index in [0.717, 1.165) is 48.3 Å². The molecule has 0 spiro atoms. The van der Waals surface area contributed by atoms with Crippen LogP contribution in [-0.2, 0) is 0 Å². The molecule has 2 aromatic carbocycles. The average molecular weight is 508 g/mol. The number of rotatable bonds is 5. The van der Waals surface area contributed by atoms with Crippen LogP contribution in [-0.4, -0.2) is 40.3 Å². The van der Waals surface area contributed by atoms with Gasteiger partial charge in [-0.25, -0.2) is 9.69 Å². The van der Waals surface area contributed by atoms with Crippen molar-refractivity contribution in [3.8, 4) is 28.8 Å². The lowest BCUT2D eigenvalue weighted by Gasteiger charge is -2.26. The summed E-state index contributed by atoms with van der Waals surface area (Å²) in [5.41, 5.74) is 15.4. The fourth-order valence-electron chi connectivity index (χ4n) is 4.00. The number of benzene rings is 2. The predicted molar refractivity (Wildman–Crippen MR) is 138 cm³/mol.